The molecule has 0 atom stereocenters. The van der Waals surface area contributed by atoms with Gasteiger partial charge in [-0.2, -0.15) is 0 Å². The van der Waals surface area contributed by atoms with Gasteiger partial charge >= 0.3 is 0 Å². The molecule has 0 saturated carbocycles. The van der Waals surface area contributed by atoms with Crippen molar-refractivity contribution in [1.82, 2.24) is 4.90 Å². The summed E-state index contributed by atoms with van der Waals surface area (Å²) in [4.78, 5) is 13.9. The molecule has 4 nitrogen and oxygen atoms in total. The second-order valence-corrected chi connectivity index (χ2v) is 4.29. The number of benzene rings is 1. The van der Waals surface area contributed by atoms with Crippen LogP contribution < -0.4 is 10.1 Å². The summed E-state index contributed by atoms with van der Waals surface area (Å²) in [6.45, 7) is 6.10. The van der Waals surface area contributed by atoms with Gasteiger partial charge in [-0.1, -0.05) is 25.4 Å². The third-order valence-electron chi connectivity index (χ3n) is 2.70. The van der Waals surface area contributed by atoms with Crippen LogP contribution in [0.3, 0.4) is 0 Å². The molecule has 0 heterocycles. The van der Waals surface area contributed by atoms with Gasteiger partial charge in [0.2, 0.25) is 5.91 Å². The predicted molar refractivity (Wildman–Crippen MR) is 81.7 cm³/mol. The Kier molecular flexibility index (Phi) is 8.56. The highest BCUT2D eigenvalue weighted by Crippen LogP contribution is 2.27. The largest absolute Gasteiger partial charge is 0.495 e. The summed E-state index contributed by atoms with van der Waals surface area (Å²) in [7, 11) is 1.56. The van der Waals surface area contributed by atoms with Crippen LogP contribution in [0.5, 0.6) is 5.75 Å². The van der Waals surface area contributed by atoms with Gasteiger partial charge in [-0.25, -0.2) is 0 Å². The van der Waals surface area contributed by atoms with E-state index in [4.69, 9.17) is 16.3 Å². The van der Waals surface area contributed by atoms with Crippen LogP contribution in [-0.4, -0.2) is 37.6 Å². The number of methoxy groups -OCH3 is 1. The number of hydrogen-bond donors (Lipinski definition) is 1. The van der Waals surface area contributed by atoms with Crippen LogP contribution in [0.2, 0.25) is 5.02 Å². The number of anilines is 1. The predicted octanol–water partition coefficient (Wildman–Crippen LogP) is 3.05. The number of likely N-dealkylation sites (N-methyl/N-ethyl adjacent to an activating group) is 1. The van der Waals surface area contributed by atoms with E-state index in [2.05, 4.69) is 5.32 Å². The smallest absolute Gasteiger partial charge is 0.238 e. The zero-order chi connectivity index (χ0) is 13.5. The van der Waals surface area contributed by atoms with Crippen LogP contribution in [0, 0.1) is 0 Å². The van der Waals surface area contributed by atoms with E-state index in [1.807, 2.05) is 18.7 Å². The van der Waals surface area contributed by atoms with Crippen molar-refractivity contribution in [3.8, 4) is 5.75 Å². The molecule has 1 aromatic rings. The third-order valence-corrected chi connectivity index (χ3v) is 2.93. The number of hydrogen-bond acceptors (Lipinski definition) is 3. The van der Waals surface area contributed by atoms with Gasteiger partial charge in [0.25, 0.3) is 0 Å². The molecule has 0 aliphatic carbocycles. The number of halogens is 2. The van der Waals surface area contributed by atoms with E-state index in [-0.39, 0.29) is 18.3 Å². The summed E-state index contributed by atoms with van der Waals surface area (Å²) >= 11 is 5.90. The van der Waals surface area contributed by atoms with Crippen LogP contribution in [0.1, 0.15) is 13.8 Å². The lowest BCUT2D eigenvalue weighted by Crippen LogP contribution is -2.33. The van der Waals surface area contributed by atoms with Gasteiger partial charge in [0, 0.05) is 5.02 Å². The summed E-state index contributed by atoms with van der Waals surface area (Å²) in [5.41, 5.74) is 0.599. The van der Waals surface area contributed by atoms with E-state index in [0.29, 0.717) is 23.0 Å². The number of rotatable bonds is 6. The minimum atomic E-state index is -0.0701. The Morgan fingerprint density at radius 3 is 2.53 bits per heavy atom. The first-order chi connectivity index (χ1) is 8.60. The van der Waals surface area contributed by atoms with Gasteiger partial charge in [0.05, 0.1) is 19.3 Å². The summed E-state index contributed by atoms with van der Waals surface area (Å²) in [5, 5.41) is 3.38. The first-order valence-electron chi connectivity index (χ1n) is 5.96. The van der Waals surface area contributed by atoms with Crippen LogP contribution in [0.15, 0.2) is 18.2 Å². The monoisotopic (exact) mass is 306 g/mol. The van der Waals surface area contributed by atoms with Crippen molar-refractivity contribution in [3.05, 3.63) is 23.2 Å². The highest BCUT2D eigenvalue weighted by molar-refractivity contribution is 6.31. The van der Waals surface area contributed by atoms with Gasteiger partial charge in [0.15, 0.2) is 0 Å². The SMILES string of the molecule is CCN(CC)CC(=O)Nc1cc(Cl)ccc1OC.Cl. The van der Waals surface area contributed by atoms with Gasteiger partial charge < -0.3 is 10.1 Å². The highest BCUT2D eigenvalue weighted by atomic mass is 35.5. The van der Waals surface area contributed by atoms with Crippen molar-refractivity contribution in [3.63, 3.8) is 0 Å². The molecule has 1 rings (SSSR count). The molecule has 6 heteroatoms. The van der Waals surface area contributed by atoms with Crippen molar-refractivity contribution in [1.29, 1.82) is 0 Å². The number of ether oxygens (including phenoxy) is 1. The second-order valence-electron chi connectivity index (χ2n) is 3.85. The lowest BCUT2D eigenvalue weighted by molar-refractivity contribution is -0.117. The molecule has 0 aliphatic heterocycles. The maximum atomic E-state index is 11.9. The maximum Gasteiger partial charge on any atom is 0.238 e. The van der Waals surface area contributed by atoms with Crippen molar-refractivity contribution in [2.45, 2.75) is 13.8 Å². The zero-order valence-electron chi connectivity index (χ0n) is 11.4. The minimum absolute atomic E-state index is 0. The standard InChI is InChI=1S/C13H19ClN2O2.ClH/c1-4-16(5-2)9-13(17)15-11-8-10(14)6-7-12(11)18-3;/h6-8H,4-5,9H2,1-3H3,(H,15,17);1H. The molecule has 0 spiro atoms. The quantitative estimate of drug-likeness (QED) is 0.878. The number of carbonyl (C=O) groups excluding carboxylic acids is 1. The molecule has 108 valence electrons. The van der Waals surface area contributed by atoms with Crippen LogP contribution in [-0.2, 0) is 4.79 Å². The van der Waals surface area contributed by atoms with Crippen molar-refractivity contribution in [2.75, 3.05) is 32.1 Å². The van der Waals surface area contributed by atoms with Crippen LogP contribution >= 0.6 is 24.0 Å². The molecule has 1 amide bonds. The van der Waals surface area contributed by atoms with E-state index < -0.39 is 0 Å². The molecule has 1 aromatic carbocycles. The molecular formula is C13H20Cl2N2O2. The van der Waals surface area contributed by atoms with E-state index in [1.165, 1.54) is 0 Å². The van der Waals surface area contributed by atoms with E-state index in [1.54, 1.807) is 25.3 Å². The number of nitrogens with one attached hydrogen (secondary N) is 1. The van der Waals surface area contributed by atoms with Crippen LogP contribution in [0.25, 0.3) is 0 Å². The number of nitrogens with zero attached hydrogens (tertiary/aromatic N) is 1. The molecule has 1 N–H and O–H groups in total. The molecule has 0 saturated heterocycles. The zero-order valence-corrected chi connectivity index (χ0v) is 13.0. The molecule has 0 unspecified atom stereocenters. The Morgan fingerprint density at radius 2 is 2.00 bits per heavy atom. The van der Waals surface area contributed by atoms with E-state index in [0.717, 1.165) is 13.1 Å². The average Bonchev–Trinajstić information content (AvgIpc) is 2.36. The molecule has 0 bridgehead atoms. The number of amides is 1. The van der Waals surface area contributed by atoms with Crippen molar-refractivity contribution in [2.24, 2.45) is 0 Å². The maximum absolute atomic E-state index is 11.9. The first-order valence-corrected chi connectivity index (χ1v) is 6.34. The molecule has 0 radical (unpaired) electrons. The summed E-state index contributed by atoms with van der Waals surface area (Å²) in [5.74, 6) is 0.534. The summed E-state index contributed by atoms with van der Waals surface area (Å²) in [6, 6.07) is 5.14. The average molecular weight is 307 g/mol. The fraction of sp³-hybridized carbons (Fsp3) is 0.462. The number of carbonyl (C=O) groups is 1. The molecular weight excluding hydrogens is 287 g/mol. The second kappa shape index (κ2) is 9.02. The first kappa shape index (κ1) is 18.0. The topological polar surface area (TPSA) is 41.6 Å². The van der Waals surface area contributed by atoms with E-state index >= 15 is 0 Å². The van der Waals surface area contributed by atoms with Gasteiger partial charge in [-0.3, -0.25) is 9.69 Å². The van der Waals surface area contributed by atoms with Crippen molar-refractivity contribution >= 4 is 35.6 Å². The minimum Gasteiger partial charge on any atom is -0.495 e. The molecule has 0 aliphatic rings. The van der Waals surface area contributed by atoms with Gasteiger partial charge in [-0.15, -0.1) is 12.4 Å². The van der Waals surface area contributed by atoms with Gasteiger partial charge in [-0.05, 0) is 31.3 Å². The Hall–Kier alpha value is -0.970. The Bertz CT molecular complexity index is 410. The Labute approximate surface area is 125 Å². The fourth-order valence-corrected chi connectivity index (χ4v) is 1.79. The lowest BCUT2D eigenvalue weighted by atomic mass is 10.3. The summed E-state index contributed by atoms with van der Waals surface area (Å²) in [6.07, 6.45) is 0. The van der Waals surface area contributed by atoms with E-state index in [9.17, 15) is 4.79 Å². The lowest BCUT2D eigenvalue weighted by Gasteiger charge is -2.18. The fourth-order valence-electron chi connectivity index (χ4n) is 1.62. The van der Waals surface area contributed by atoms with Crippen molar-refractivity contribution < 1.29 is 9.53 Å². The molecule has 0 aromatic heterocycles. The summed E-state index contributed by atoms with van der Waals surface area (Å²) < 4.78 is 5.17. The highest BCUT2D eigenvalue weighted by Gasteiger charge is 2.10. The van der Waals surface area contributed by atoms with Gasteiger partial charge in [0.1, 0.15) is 5.75 Å². The van der Waals surface area contributed by atoms with Crippen LogP contribution in [0.4, 0.5) is 5.69 Å². The molecule has 19 heavy (non-hydrogen) atoms. The Morgan fingerprint density at radius 1 is 1.37 bits per heavy atom. The third kappa shape index (κ3) is 5.68. The Balaban J connectivity index is 0.00000324. The molecule has 0 fully saturated rings. The normalized spacial score (nSPS) is 9.95.